The largest absolute Gasteiger partial charge is 0.492 e. The van der Waals surface area contributed by atoms with Crippen LogP contribution in [0.25, 0.3) is 0 Å². The Balaban J connectivity index is 1.71. The average Bonchev–Trinajstić information content (AvgIpc) is 2.75. The summed E-state index contributed by atoms with van der Waals surface area (Å²) in [6, 6.07) is 17.5. The van der Waals surface area contributed by atoms with Crippen LogP contribution >= 0.6 is 0 Å². The molecule has 0 bridgehead atoms. The summed E-state index contributed by atoms with van der Waals surface area (Å²) in [4.78, 5) is 12.6. The first-order chi connectivity index (χ1) is 15.7. The summed E-state index contributed by atoms with van der Waals surface area (Å²) in [6.45, 7) is 5.57. The van der Waals surface area contributed by atoms with Crippen LogP contribution in [0.2, 0.25) is 0 Å². The molecule has 3 aromatic rings. The van der Waals surface area contributed by atoms with E-state index in [0.717, 1.165) is 27.1 Å². The van der Waals surface area contributed by atoms with Gasteiger partial charge in [-0.3, -0.25) is 9.10 Å². The summed E-state index contributed by atoms with van der Waals surface area (Å²) in [5.74, 6) is -0.617. The Bertz CT molecular complexity index is 1210. The third-order valence-electron chi connectivity index (χ3n) is 4.91. The molecule has 6 nitrogen and oxygen atoms in total. The minimum Gasteiger partial charge on any atom is -0.492 e. The number of nitrogens with zero attached hydrogens (tertiary/aromatic N) is 1. The quantitative estimate of drug-likeness (QED) is 0.477. The van der Waals surface area contributed by atoms with Crippen LogP contribution in [0.5, 0.6) is 5.75 Å². The van der Waals surface area contributed by atoms with Crippen molar-refractivity contribution in [3.05, 3.63) is 89.2 Å². The van der Waals surface area contributed by atoms with Crippen LogP contribution in [0.1, 0.15) is 16.7 Å². The Morgan fingerprint density at radius 2 is 1.58 bits per heavy atom. The Morgan fingerprint density at radius 1 is 0.939 bits per heavy atom. The lowest BCUT2D eigenvalue weighted by molar-refractivity contribution is -0.119. The van der Waals surface area contributed by atoms with Crippen LogP contribution < -0.4 is 14.4 Å². The van der Waals surface area contributed by atoms with Gasteiger partial charge in [-0.1, -0.05) is 35.9 Å². The highest BCUT2D eigenvalue weighted by Gasteiger charge is 2.29. The van der Waals surface area contributed by atoms with Crippen molar-refractivity contribution in [2.24, 2.45) is 0 Å². The summed E-state index contributed by atoms with van der Waals surface area (Å²) >= 11 is 0. The van der Waals surface area contributed by atoms with Crippen LogP contribution in [0, 0.1) is 26.6 Å². The van der Waals surface area contributed by atoms with Crippen LogP contribution in [0.3, 0.4) is 0 Å². The maximum absolute atomic E-state index is 14.5. The molecule has 0 aliphatic rings. The molecule has 0 aromatic heterocycles. The molecule has 8 heteroatoms. The standard InChI is InChI=1S/C25H27FN2O4S/c1-18-8-10-22(11-9-18)33(30,31)28(24-7-5-4-6-23(24)26)17-25(29)27-12-13-32-21-15-19(2)14-20(3)16-21/h4-11,14-16H,12-13,17H2,1-3H3,(H,27,29). The van der Waals surface area contributed by atoms with E-state index in [1.54, 1.807) is 12.1 Å². The number of hydrogen-bond acceptors (Lipinski definition) is 4. The number of halogens is 1. The monoisotopic (exact) mass is 470 g/mol. The van der Waals surface area contributed by atoms with Crippen LogP contribution in [0.4, 0.5) is 10.1 Å². The minimum atomic E-state index is -4.17. The molecular formula is C25H27FN2O4S. The third-order valence-corrected chi connectivity index (χ3v) is 6.68. The first-order valence-electron chi connectivity index (χ1n) is 10.5. The predicted octanol–water partition coefficient (Wildman–Crippen LogP) is 4.14. The Labute approximate surface area is 194 Å². The molecule has 0 atom stereocenters. The van der Waals surface area contributed by atoms with Crippen LogP contribution in [-0.2, 0) is 14.8 Å². The molecule has 0 saturated carbocycles. The number of carbonyl (C=O) groups excluding carboxylic acids is 1. The van der Waals surface area contributed by atoms with Gasteiger partial charge in [-0.15, -0.1) is 0 Å². The average molecular weight is 471 g/mol. The zero-order valence-corrected chi connectivity index (χ0v) is 19.7. The lowest BCUT2D eigenvalue weighted by Gasteiger charge is -2.24. The summed E-state index contributed by atoms with van der Waals surface area (Å²) in [5, 5.41) is 2.64. The number of aryl methyl sites for hydroxylation is 3. The van der Waals surface area contributed by atoms with Crippen molar-refractivity contribution >= 4 is 21.6 Å². The first-order valence-corrected chi connectivity index (χ1v) is 11.9. The summed E-state index contributed by atoms with van der Waals surface area (Å²) in [7, 11) is -4.17. The molecule has 3 rings (SSSR count). The van der Waals surface area contributed by atoms with Crippen molar-refractivity contribution in [3.8, 4) is 5.75 Å². The van der Waals surface area contributed by atoms with Crippen molar-refractivity contribution in [2.75, 3.05) is 24.0 Å². The predicted molar refractivity (Wildman–Crippen MR) is 127 cm³/mol. The van der Waals surface area contributed by atoms with Gasteiger partial charge in [0.2, 0.25) is 5.91 Å². The van der Waals surface area contributed by atoms with E-state index in [-0.39, 0.29) is 23.7 Å². The molecule has 1 N–H and O–H groups in total. The summed E-state index contributed by atoms with van der Waals surface area (Å²) in [5.41, 5.74) is 2.82. The molecule has 0 radical (unpaired) electrons. The summed E-state index contributed by atoms with van der Waals surface area (Å²) < 4.78 is 47.5. The maximum Gasteiger partial charge on any atom is 0.264 e. The van der Waals surface area contributed by atoms with E-state index in [4.69, 9.17) is 4.74 Å². The highest BCUT2D eigenvalue weighted by molar-refractivity contribution is 7.92. The maximum atomic E-state index is 14.5. The molecule has 1 amide bonds. The second kappa shape index (κ2) is 10.5. The van der Waals surface area contributed by atoms with E-state index in [1.165, 1.54) is 30.3 Å². The topological polar surface area (TPSA) is 75.7 Å². The Kier molecular flexibility index (Phi) is 7.71. The van der Waals surface area contributed by atoms with Gasteiger partial charge in [0.05, 0.1) is 17.1 Å². The fourth-order valence-corrected chi connectivity index (χ4v) is 4.78. The normalized spacial score (nSPS) is 11.2. The van der Waals surface area contributed by atoms with Gasteiger partial charge in [0, 0.05) is 0 Å². The van der Waals surface area contributed by atoms with Gasteiger partial charge in [-0.2, -0.15) is 0 Å². The van der Waals surface area contributed by atoms with Crippen LogP contribution in [0.15, 0.2) is 71.6 Å². The van der Waals surface area contributed by atoms with E-state index in [0.29, 0.717) is 5.75 Å². The molecule has 0 saturated heterocycles. The Morgan fingerprint density at radius 3 is 2.21 bits per heavy atom. The van der Waals surface area contributed by atoms with E-state index in [1.807, 2.05) is 39.0 Å². The van der Waals surface area contributed by atoms with Gasteiger partial charge >= 0.3 is 0 Å². The molecule has 0 aliphatic carbocycles. The molecule has 0 fully saturated rings. The molecule has 33 heavy (non-hydrogen) atoms. The Hall–Kier alpha value is -3.39. The zero-order chi connectivity index (χ0) is 24.0. The van der Waals surface area contributed by atoms with E-state index >= 15 is 0 Å². The number of carbonyl (C=O) groups is 1. The molecule has 0 spiro atoms. The van der Waals surface area contributed by atoms with Gasteiger partial charge in [0.1, 0.15) is 24.7 Å². The van der Waals surface area contributed by atoms with E-state index in [2.05, 4.69) is 5.32 Å². The highest BCUT2D eigenvalue weighted by Crippen LogP contribution is 2.26. The SMILES string of the molecule is Cc1ccc(S(=O)(=O)N(CC(=O)NCCOc2cc(C)cc(C)c2)c2ccccc2F)cc1. The van der Waals surface area contributed by atoms with Gasteiger partial charge in [-0.05, 0) is 68.3 Å². The first kappa shape index (κ1) is 24.3. The van der Waals surface area contributed by atoms with Crippen molar-refractivity contribution < 1.29 is 22.3 Å². The summed E-state index contributed by atoms with van der Waals surface area (Å²) in [6.07, 6.45) is 0. The van der Waals surface area contributed by atoms with Crippen molar-refractivity contribution in [3.63, 3.8) is 0 Å². The van der Waals surface area contributed by atoms with Gasteiger partial charge < -0.3 is 10.1 Å². The van der Waals surface area contributed by atoms with E-state index < -0.39 is 28.3 Å². The van der Waals surface area contributed by atoms with Crippen molar-refractivity contribution in [2.45, 2.75) is 25.7 Å². The fraction of sp³-hybridized carbons (Fsp3) is 0.240. The van der Waals surface area contributed by atoms with Gasteiger partial charge in [0.25, 0.3) is 10.0 Å². The smallest absolute Gasteiger partial charge is 0.264 e. The number of anilines is 1. The molecule has 0 aliphatic heterocycles. The molecule has 3 aromatic carbocycles. The van der Waals surface area contributed by atoms with Gasteiger partial charge in [-0.25, -0.2) is 12.8 Å². The second-order valence-electron chi connectivity index (χ2n) is 7.80. The second-order valence-corrected chi connectivity index (χ2v) is 9.66. The molecular weight excluding hydrogens is 443 g/mol. The lowest BCUT2D eigenvalue weighted by atomic mass is 10.1. The van der Waals surface area contributed by atoms with E-state index in [9.17, 15) is 17.6 Å². The number of benzene rings is 3. The number of para-hydroxylation sites is 1. The third kappa shape index (κ3) is 6.32. The number of hydrogen-bond donors (Lipinski definition) is 1. The highest BCUT2D eigenvalue weighted by atomic mass is 32.2. The zero-order valence-electron chi connectivity index (χ0n) is 18.8. The number of ether oxygens (including phenoxy) is 1. The lowest BCUT2D eigenvalue weighted by Crippen LogP contribution is -2.42. The van der Waals surface area contributed by atoms with Crippen molar-refractivity contribution in [1.29, 1.82) is 0 Å². The number of rotatable bonds is 9. The number of sulfonamides is 1. The number of amides is 1. The van der Waals surface area contributed by atoms with Crippen LogP contribution in [-0.4, -0.2) is 34.0 Å². The minimum absolute atomic E-state index is 0.0256. The molecule has 0 heterocycles. The number of nitrogens with one attached hydrogen (secondary N) is 1. The van der Waals surface area contributed by atoms with Gasteiger partial charge in [0.15, 0.2) is 0 Å². The molecule has 174 valence electrons. The van der Waals surface area contributed by atoms with Crippen molar-refractivity contribution in [1.82, 2.24) is 5.32 Å². The fourth-order valence-electron chi connectivity index (χ4n) is 3.35. The molecule has 0 unspecified atom stereocenters.